The van der Waals surface area contributed by atoms with Crippen molar-refractivity contribution in [3.63, 3.8) is 0 Å². The van der Waals surface area contributed by atoms with Gasteiger partial charge in [-0.1, -0.05) is 6.07 Å². The Balaban J connectivity index is 2.30. The van der Waals surface area contributed by atoms with Gasteiger partial charge in [0.1, 0.15) is 23.5 Å². The number of methoxy groups -OCH3 is 1. The zero-order valence-electron chi connectivity index (χ0n) is 10.6. The fourth-order valence-corrected chi connectivity index (χ4v) is 1.82. The Morgan fingerprint density at radius 3 is 2.72 bits per heavy atom. The van der Waals surface area contributed by atoms with Crippen LogP contribution in [0.4, 0.5) is 0 Å². The lowest BCUT2D eigenvalue weighted by Crippen LogP contribution is -2.04. The number of aromatic nitrogens is 3. The Morgan fingerprint density at radius 1 is 1.39 bits per heavy atom. The first-order valence-corrected chi connectivity index (χ1v) is 5.59. The molecular formula is C13H14N4O. The molecule has 1 heterocycles. The normalized spacial score (nSPS) is 10.1. The molecule has 2 rings (SSSR count). The van der Waals surface area contributed by atoms with E-state index in [9.17, 15) is 0 Å². The SMILES string of the molecule is COc1ccc(Cn2nc(C)nc2C)cc1C#N. The van der Waals surface area contributed by atoms with Crippen LogP contribution in [0.3, 0.4) is 0 Å². The summed E-state index contributed by atoms with van der Waals surface area (Å²) in [4.78, 5) is 4.25. The number of hydrogen-bond donors (Lipinski definition) is 0. The van der Waals surface area contributed by atoms with Crippen LogP contribution < -0.4 is 4.74 Å². The molecule has 0 aliphatic rings. The summed E-state index contributed by atoms with van der Waals surface area (Å²) in [5, 5.41) is 13.3. The maximum Gasteiger partial charge on any atom is 0.147 e. The van der Waals surface area contributed by atoms with Gasteiger partial charge in [-0.25, -0.2) is 9.67 Å². The number of ether oxygens (including phenoxy) is 1. The van der Waals surface area contributed by atoms with Crippen LogP contribution in [0.2, 0.25) is 0 Å². The van der Waals surface area contributed by atoms with Crippen molar-refractivity contribution < 1.29 is 4.74 Å². The molecule has 0 N–H and O–H groups in total. The van der Waals surface area contributed by atoms with Gasteiger partial charge < -0.3 is 4.74 Å². The number of nitriles is 1. The number of nitrogens with zero attached hydrogens (tertiary/aromatic N) is 4. The van der Waals surface area contributed by atoms with E-state index in [1.165, 1.54) is 0 Å². The van der Waals surface area contributed by atoms with E-state index in [0.717, 1.165) is 17.2 Å². The van der Waals surface area contributed by atoms with Crippen molar-refractivity contribution >= 4 is 0 Å². The number of benzene rings is 1. The fraction of sp³-hybridized carbons (Fsp3) is 0.308. The standard InChI is InChI=1S/C13H14N4O/c1-9-15-10(2)17(16-9)8-11-4-5-13(18-3)12(6-11)7-14/h4-6H,8H2,1-3H3. The van der Waals surface area contributed by atoms with E-state index in [1.807, 2.05) is 30.7 Å². The van der Waals surface area contributed by atoms with Gasteiger partial charge in [0.15, 0.2) is 0 Å². The Labute approximate surface area is 106 Å². The third kappa shape index (κ3) is 2.33. The molecule has 0 saturated heterocycles. The summed E-state index contributed by atoms with van der Waals surface area (Å²) in [7, 11) is 1.56. The molecule has 18 heavy (non-hydrogen) atoms. The van der Waals surface area contributed by atoms with Crippen molar-refractivity contribution in [2.75, 3.05) is 7.11 Å². The first-order chi connectivity index (χ1) is 8.63. The summed E-state index contributed by atoms with van der Waals surface area (Å²) in [5.41, 5.74) is 1.53. The molecule has 0 saturated carbocycles. The van der Waals surface area contributed by atoms with Gasteiger partial charge >= 0.3 is 0 Å². The highest BCUT2D eigenvalue weighted by atomic mass is 16.5. The summed E-state index contributed by atoms with van der Waals surface area (Å²) >= 11 is 0. The first-order valence-electron chi connectivity index (χ1n) is 5.59. The van der Waals surface area contributed by atoms with Crippen LogP contribution in [0.5, 0.6) is 5.75 Å². The summed E-state index contributed by atoms with van der Waals surface area (Å²) in [5.74, 6) is 2.20. The lowest BCUT2D eigenvalue weighted by molar-refractivity contribution is 0.413. The van der Waals surface area contributed by atoms with Crippen molar-refractivity contribution in [1.29, 1.82) is 5.26 Å². The van der Waals surface area contributed by atoms with Crippen LogP contribution in [0, 0.1) is 25.2 Å². The van der Waals surface area contributed by atoms with Crippen LogP contribution >= 0.6 is 0 Å². The highest BCUT2D eigenvalue weighted by Gasteiger charge is 2.07. The Kier molecular flexibility index (Phi) is 3.28. The Morgan fingerprint density at radius 2 is 2.17 bits per heavy atom. The third-order valence-electron chi connectivity index (χ3n) is 2.68. The monoisotopic (exact) mass is 242 g/mol. The summed E-state index contributed by atoms with van der Waals surface area (Å²) in [6.07, 6.45) is 0. The van der Waals surface area contributed by atoms with Gasteiger partial charge in [0.2, 0.25) is 0 Å². The van der Waals surface area contributed by atoms with E-state index >= 15 is 0 Å². The molecule has 0 fully saturated rings. The molecule has 5 nitrogen and oxygen atoms in total. The van der Waals surface area contributed by atoms with Crippen molar-refractivity contribution in [2.45, 2.75) is 20.4 Å². The summed E-state index contributed by atoms with van der Waals surface area (Å²) in [6.45, 7) is 4.37. The van der Waals surface area contributed by atoms with Gasteiger partial charge in [0.05, 0.1) is 19.2 Å². The maximum absolute atomic E-state index is 9.03. The van der Waals surface area contributed by atoms with Gasteiger partial charge in [-0.3, -0.25) is 0 Å². The Hall–Kier alpha value is -2.35. The van der Waals surface area contributed by atoms with E-state index in [0.29, 0.717) is 17.9 Å². The van der Waals surface area contributed by atoms with Crippen LogP contribution in [-0.2, 0) is 6.54 Å². The average molecular weight is 242 g/mol. The van der Waals surface area contributed by atoms with Crippen molar-refractivity contribution in [3.05, 3.63) is 41.0 Å². The lowest BCUT2D eigenvalue weighted by Gasteiger charge is -2.06. The second-order valence-corrected chi connectivity index (χ2v) is 4.01. The first kappa shape index (κ1) is 12.1. The zero-order valence-corrected chi connectivity index (χ0v) is 10.6. The minimum absolute atomic E-state index is 0.532. The highest BCUT2D eigenvalue weighted by Crippen LogP contribution is 2.19. The predicted octanol–water partition coefficient (Wildman–Crippen LogP) is 1.82. The average Bonchev–Trinajstić information content (AvgIpc) is 2.67. The molecule has 2 aromatic rings. The largest absolute Gasteiger partial charge is 0.495 e. The molecule has 0 aliphatic heterocycles. The maximum atomic E-state index is 9.03. The van der Waals surface area contributed by atoms with E-state index < -0.39 is 0 Å². The quantitative estimate of drug-likeness (QED) is 0.823. The zero-order chi connectivity index (χ0) is 13.1. The molecule has 0 aliphatic carbocycles. The van der Waals surface area contributed by atoms with E-state index in [-0.39, 0.29) is 0 Å². The van der Waals surface area contributed by atoms with Crippen LogP contribution in [0.1, 0.15) is 22.8 Å². The minimum atomic E-state index is 0.532. The molecule has 0 atom stereocenters. The van der Waals surface area contributed by atoms with Gasteiger partial charge in [-0.05, 0) is 31.5 Å². The number of hydrogen-bond acceptors (Lipinski definition) is 4. The second kappa shape index (κ2) is 4.88. The number of aryl methyl sites for hydroxylation is 2. The van der Waals surface area contributed by atoms with Crippen molar-refractivity contribution in [2.24, 2.45) is 0 Å². The molecule has 0 unspecified atom stereocenters. The van der Waals surface area contributed by atoms with Crippen LogP contribution in [0.25, 0.3) is 0 Å². The lowest BCUT2D eigenvalue weighted by atomic mass is 10.1. The molecule has 0 bridgehead atoms. The third-order valence-corrected chi connectivity index (χ3v) is 2.68. The molecule has 5 heteroatoms. The highest BCUT2D eigenvalue weighted by molar-refractivity contribution is 5.45. The topological polar surface area (TPSA) is 63.7 Å². The predicted molar refractivity (Wildman–Crippen MR) is 66.3 cm³/mol. The van der Waals surface area contributed by atoms with Crippen molar-refractivity contribution in [1.82, 2.24) is 14.8 Å². The minimum Gasteiger partial charge on any atom is -0.495 e. The smallest absolute Gasteiger partial charge is 0.147 e. The molecule has 0 radical (unpaired) electrons. The summed E-state index contributed by atoms with van der Waals surface area (Å²) < 4.78 is 6.93. The Bertz CT molecular complexity index is 610. The van der Waals surface area contributed by atoms with Crippen LogP contribution in [0.15, 0.2) is 18.2 Å². The molecular weight excluding hydrogens is 228 g/mol. The van der Waals surface area contributed by atoms with Gasteiger partial charge in [0, 0.05) is 0 Å². The molecule has 0 amide bonds. The fourth-order valence-electron chi connectivity index (χ4n) is 1.82. The number of rotatable bonds is 3. The molecule has 1 aromatic heterocycles. The van der Waals surface area contributed by atoms with Gasteiger partial charge in [-0.15, -0.1) is 0 Å². The van der Waals surface area contributed by atoms with Crippen molar-refractivity contribution in [3.8, 4) is 11.8 Å². The van der Waals surface area contributed by atoms with Gasteiger partial charge in [0.25, 0.3) is 0 Å². The van der Waals surface area contributed by atoms with E-state index in [4.69, 9.17) is 10.00 Å². The molecule has 0 spiro atoms. The molecule has 1 aromatic carbocycles. The second-order valence-electron chi connectivity index (χ2n) is 4.01. The molecule has 92 valence electrons. The summed E-state index contributed by atoms with van der Waals surface area (Å²) in [6, 6.07) is 7.66. The van der Waals surface area contributed by atoms with E-state index in [2.05, 4.69) is 16.2 Å². The van der Waals surface area contributed by atoms with Crippen LogP contribution in [-0.4, -0.2) is 21.9 Å². The van der Waals surface area contributed by atoms with Gasteiger partial charge in [-0.2, -0.15) is 10.4 Å². The van der Waals surface area contributed by atoms with E-state index in [1.54, 1.807) is 13.2 Å².